The third-order valence-electron chi connectivity index (χ3n) is 5.93. The fraction of sp³-hybridized carbons (Fsp3) is 0.667. The van der Waals surface area contributed by atoms with Crippen LogP contribution in [0.15, 0.2) is 24.3 Å². The summed E-state index contributed by atoms with van der Waals surface area (Å²) in [5.41, 5.74) is 0.996. The Morgan fingerprint density at radius 3 is 2.04 bits per heavy atom. The van der Waals surface area contributed by atoms with E-state index in [0.717, 1.165) is 63.0 Å². The van der Waals surface area contributed by atoms with Crippen LogP contribution < -0.4 is 0 Å². The average Bonchev–Trinajstić information content (AvgIpc) is 2.87. The molecule has 1 aromatic carbocycles. The van der Waals surface area contributed by atoms with Gasteiger partial charge in [-0.1, -0.05) is 37.8 Å². The SMILES string of the molecule is CC(C)N1CCN(C(=O)c2ccc(C3(O)CCCCCC3)cc2)CC1. The molecule has 2 fully saturated rings. The summed E-state index contributed by atoms with van der Waals surface area (Å²) in [6, 6.07) is 8.26. The zero-order valence-corrected chi connectivity index (χ0v) is 15.7. The average molecular weight is 344 g/mol. The van der Waals surface area contributed by atoms with Crippen LogP contribution in [0.4, 0.5) is 0 Å². The molecule has 3 rings (SSSR count). The Balaban J connectivity index is 1.65. The lowest BCUT2D eigenvalue weighted by molar-refractivity contribution is 0.0206. The van der Waals surface area contributed by atoms with Gasteiger partial charge >= 0.3 is 0 Å². The molecule has 4 nitrogen and oxygen atoms in total. The Morgan fingerprint density at radius 2 is 1.52 bits per heavy atom. The maximum atomic E-state index is 12.7. The molecule has 0 atom stereocenters. The van der Waals surface area contributed by atoms with Crippen molar-refractivity contribution in [3.05, 3.63) is 35.4 Å². The number of hydrogen-bond donors (Lipinski definition) is 1. The van der Waals surface area contributed by atoms with Gasteiger partial charge < -0.3 is 10.0 Å². The van der Waals surface area contributed by atoms with Gasteiger partial charge in [0.15, 0.2) is 0 Å². The lowest BCUT2D eigenvalue weighted by Crippen LogP contribution is -2.50. The van der Waals surface area contributed by atoms with E-state index in [1.54, 1.807) is 0 Å². The van der Waals surface area contributed by atoms with Gasteiger partial charge in [0.2, 0.25) is 0 Å². The first-order valence-corrected chi connectivity index (χ1v) is 9.86. The molecule has 138 valence electrons. The van der Waals surface area contributed by atoms with E-state index in [4.69, 9.17) is 0 Å². The summed E-state index contributed by atoms with van der Waals surface area (Å²) in [5, 5.41) is 11.0. The van der Waals surface area contributed by atoms with Crippen LogP contribution in [0.3, 0.4) is 0 Å². The van der Waals surface area contributed by atoms with Gasteiger partial charge in [-0.2, -0.15) is 0 Å². The highest BCUT2D eigenvalue weighted by Gasteiger charge is 2.30. The first kappa shape index (κ1) is 18.4. The summed E-state index contributed by atoms with van der Waals surface area (Å²) < 4.78 is 0. The fourth-order valence-corrected chi connectivity index (χ4v) is 4.15. The van der Waals surface area contributed by atoms with Crippen molar-refractivity contribution >= 4 is 5.91 Å². The van der Waals surface area contributed by atoms with Crippen molar-refractivity contribution < 1.29 is 9.90 Å². The van der Waals surface area contributed by atoms with Gasteiger partial charge in [0.25, 0.3) is 5.91 Å². The second-order valence-corrected chi connectivity index (χ2v) is 7.95. The molecule has 1 aromatic rings. The van der Waals surface area contributed by atoms with Crippen LogP contribution in [0, 0.1) is 0 Å². The Bertz CT molecular complexity index is 566. The molecule has 2 aliphatic rings. The molecule has 1 aliphatic carbocycles. The van der Waals surface area contributed by atoms with Crippen LogP contribution in [0.1, 0.15) is 68.3 Å². The second-order valence-electron chi connectivity index (χ2n) is 7.95. The number of piperazine rings is 1. The molecule has 1 heterocycles. The van der Waals surface area contributed by atoms with Crippen molar-refractivity contribution in [2.75, 3.05) is 26.2 Å². The zero-order chi connectivity index (χ0) is 17.9. The maximum Gasteiger partial charge on any atom is 0.253 e. The Labute approximate surface area is 151 Å². The van der Waals surface area contributed by atoms with Gasteiger partial charge in [0, 0.05) is 37.8 Å². The third kappa shape index (κ3) is 4.24. The maximum absolute atomic E-state index is 12.7. The van der Waals surface area contributed by atoms with Crippen LogP contribution in [0.2, 0.25) is 0 Å². The predicted molar refractivity (Wildman–Crippen MR) is 101 cm³/mol. The Kier molecular flexibility index (Phi) is 5.80. The standard InChI is InChI=1S/C21H32N2O2/c1-17(2)22-13-15-23(16-14-22)20(24)18-7-9-19(10-8-18)21(25)11-5-3-4-6-12-21/h7-10,17,25H,3-6,11-16H2,1-2H3. The fourth-order valence-electron chi connectivity index (χ4n) is 4.15. The molecule has 1 saturated carbocycles. The van der Waals surface area contributed by atoms with Gasteiger partial charge in [-0.25, -0.2) is 0 Å². The minimum absolute atomic E-state index is 0.114. The van der Waals surface area contributed by atoms with Crippen molar-refractivity contribution in [1.82, 2.24) is 9.80 Å². The molecular weight excluding hydrogens is 312 g/mol. The molecule has 0 spiro atoms. The molecule has 1 aliphatic heterocycles. The predicted octanol–water partition coefficient (Wildman–Crippen LogP) is 3.39. The van der Waals surface area contributed by atoms with Crippen molar-refractivity contribution in [1.29, 1.82) is 0 Å². The van der Waals surface area contributed by atoms with Crippen LogP contribution in [-0.4, -0.2) is 53.0 Å². The molecular formula is C21H32N2O2. The van der Waals surface area contributed by atoms with Crippen LogP contribution in [0.5, 0.6) is 0 Å². The Hall–Kier alpha value is -1.39. The quantitative estimate of drug-likeness (QED) is 0.855. The number of aliphatic hydroxyl groups is 1. The van der Waals surface area contributed by atoms with E-state index < -0.39 is 5.60 Å². The van der Waals surface area contributed by atoms with Crippen molar-refractivity contribution in [2.24, 2.45) is 0 Å². The first-order valence-electron chi connectivity index (χ1n) is 9.86. The van der Waals surface area contributed by atoms with Crippen LogP contribution >= 0.6 is 0 Å². The number of carbonyl (C=O) groups excluding carboxylic acids is 1. The van der Waals surface area contributed by atoms with Crippen molar-refractivity contribution in [2.45, 2.75) is 64.0 Å². The van der Waals surface area contributed by atoms with Crippen LogP contribution in [-0.2, 0) is 5.60 Å². The van der Waals surface area contributed by atoms with Gasteiger partial charge in [-0.05, 0) is 44.4 Å². The summed E-state index contributed by atoms with van der Waals surface area (Å²) in [5.74, 6) is 0.114. The van der Waals surface area contributed by atoms with Crippen molar-refractivity contribution in [3.63, 3.8) is 0 Å². The largest absolute Gasteiger partial charge is 0.385 e. The van der Waals surface area contributed by atoms with E-state index >= 15 is 0 Å². The summed E-state index contributed by atoms with van der Waals surface area (Å²) in [7, 11) is 0. The lowest BCUT2D eigenvalue weighted by Gasteiger charge is -2.37. The van der Waals surface area contributed by atoms with Gasteiger partial charge in [0.1, 0.15) is 0 Å². The molecule has 1 saturated heterocycles. The number of rotatable bonds is 3. The number of amides is 1. The highest BCUT2D eigenvalue weighted by Crippen LogP contribution is 2.35. The zero-order valence-electron chi connectivity index (χ0n) is 15.7. The lowest BCUT2D eigenvalue weighted by atomic mass is 9.86. The number of carbonyl (C=O) groups is 1. The molecule has 4 heteroatoms. The van der Waals surface area contributed by atoms with Gasteiger partial charge in [-0.15, -0.1) is 0 Å². The minimum Gasteiger partial charge on any atom is -0.385 e. The third-order valence-corrected chi connectivity index (χ3v) is 5.93. The van der Waals surface area contributed by atoms with E-state index in [9.17, 15) is 9.90 Å². The molecule has 1 amide bonds. The number of benzene rings is 1. The second kappa shape index (κ2) is 7.88. The van der Waals surface area contributed by atoms with Crippen LogP contribution in [0.25, 0.3) is 0 Å². The van der Waals surface area contributed by atoms with Gasteiger partial charge in [0.05, 0.1) is 5.60 Å². The highest BCUT2D eigenvalue weighted by atomic mass is 16.3. The van der Waals surface area contributed by atoms with E-state index in [0.29, 0.717) is 6.04 Å². The molecule has 0 unspecified atom stereocenters. The van der Waals surface area contributed by atoms with Crippen molar-refractivity contribution in [3.8, 4) is 0 Å². The van der Waals surface area contributed by atoms with Gasteiger partial charge in [-0.3, -0.25) is 9.69 Å². The highest BCUT2D eigenvalue weighted by molar-refractivity contribution is 5.94. The van der Waals surface area contributed by atoms with E-state index in [1.165, 1.54) is 12.8 Å². The summed E-state index contributed by atoms with van der Waals surface area (Å²) in [4.78, 5) is 17.1. The minimum atomic E-state index is -0.707. The first-order chi connectivity index (χ1) is 12.0. The normalized spacial score (nSPS) is 22.0. The number of nitrogens with zero attached hydrogens (tertiary/aromatic N) is 2. The smallest absolute Gasteiger partial charge is 0.253 e. The van der Waals surface area contributed by atoms with E-state index in [1.807, 2.05) is 29.2 Å². The molecule has 1 N–H and O–H groups in total. The number of hydrogen-bond acceptors (Lipinski definition) is 3. The Morgan fingerprint density at radius 1 is 0.960 bits per heavy atom. The monoisotopic (exact) mass is 344 g/mol. The molecule has 25 heavy (non-hydrogen) atoms. The van der Waals surface area contributed by atoms with E-state index in [-0.39, 0.29) is 5.91 Å². The molecule has 0 radical (unpaired) electrons. The summed E-state index contributed by atoms with van der Waals surface area (Å²) in [6.45, 7) is 7.89. The summed E-state index contributed by atoms with van der Waals surface area (Å²) in [6.07, 6.45) is 6.24. The summed E-state index contributed by atoms with van der Waals surface area (Å²) >= 11 is 0. The molecule has 0 aromatic heterocycles. The van der Waals surface area contributed by atoms with E-state index in [2.05, 4.69) is 18.7 Å². The topological polar surface area (TPSA) is 43.8 Å². The molecule has 0 bridgehead atoms.